The number of carbonyl (C=O) groups is 2. The van der Waals surface area contributed by atoms with Crippen LogP contribution < -0.4 is 26.8 Å². The van der Waals surface area contributed by atoms with Gasteiger partial charge in [-0.3, -0.25) is 14.2 Å². The molecular formula is C40H50BF3N6O5. The molecule has 2 aliphatic heterocycles. The fourth-order valence-electron chi connectivity index (χ4n) is 9.15. The molecule has 0 radical (unpaired) electrons. The predicted molar refractivity (Wildman–Crippen MR) is 203 cm³/mol. The summed E-state index contributed by atoms with van der Waals surface area (Å²) in [5, 5.41) is 11.8. The van der Waals surface area contributed by atoms with E-state index in [1.54, 1.807) is 19.1 Å². The Morgan fingerprint density at radius 3 is 2.45 bits per heavy atom. The molecule has 2 unspecified atom stereocenters. The molecule has 3 amide bonds. The smallest absolute Gasteiger partial charge is 0.404 e. The van der Waals surface area contributed by atoms with Gasteiger partial charge < -0.3 is 30.6 Å². The van der Waals surface area contributed by atoms with Gasteiger partial charge in [0, 0.05) is 18.7 Å². The highest BCUT2D eigenvalue weighted by Crippen LogP contribution is 2.64. The van der Waals surface area contributed by atoms with Gasteiger partial charge in [-0.2, -0.15) is 13.2 Å². The maximum absolute atomic E-state index is 14.4. The molecule has 4 fully saturated rings. The van der Waals surface area contributed by atoms with Crippen LogP contribution in [0.4, 0.5) is 29.3 Å². The fourth-order valence-corrected chi connectivity index (χ4v) is 9.15. The molecule has 5 aliphatic rings. The molecule has 4 N–H and O–H groups in total. The Hall–Kier alpha value is -4.37. The molecule has 3 heterocycles. The minimum absolute atomic E-state index is 0.00103. The molecule has 1 saturated heterocycles. The number of benzene rings is 2. The minimum Gasteiger partial charge on any atom is -0.404 e. The first-order chi connectivity index (χ1) is 25.8. The summed E-state index contributed by atoms with van der Waals surface area (Å²) in [6, 6.07) is 10.6. The number of urea groups is 1. The quantitative estimate of drug-likeness (QED) is 0.161. The first kappa shape index (κ1) is 38.9. The number of nitrogens with one attached hydrogen (secondary N) is 4. The summed E-state index contributed by atoms with van der Waals surface area (Å²) in [5.41, 5.74) is -1.00. The summed E-state index contributed by atoms with van der Waals surface area (Å²) in [6.45, 7) is 14.3. The van der Waals surface area contributed by atoms with Crippen molar-refractivity contribution >= 4 is 30.4 Å². The van der Waals surface area contributed by atoms with Gasteiger partial charge in [-0.1, -0.05) is 58.9 Å². The van der Waals surface area contributed by atoms with Gasteiger partial charge in [-0.25, -0.2) is 9.78 Å². The molecule has 3 saturated carbocycles. The molecule has 2 aromatic carbocycles. The Balaban J connectivity index is 1.14. The number of nitrogens with zero attached hydrogens (tertiary/aromatic N) is 2. The van der Waals surface area contributed by atoms with Crippen molar-refractivity contribution in [1.82, 2.24) is 20.2 Å². The molecule has 3 aromatic rings. The average Bonchev–Trinajstić information content (AvgIpc) is 3.64. The predicted octanol–water partition coefficient (Wildman–Crippen LogP) is 7.14. The van der Waals surface area contributed by atoms with Crippen LogP contribution in [0.5, 0.6) is 0 Å². The van der Waals surface area contributed by atoms with Crippen LogP contribution in [0, 0.1) is 17.3 Å². The lowest BCUT2D eigenvalue weighted by Crippen LogP contribution is -2.63. The number of hydrogen-bond acceptors (Lipinski definition) is 7. The summed E-state index contributed by atoms with van der Waals surface area (Å²) in [5.74, 6) is 0.379. The van der Waals surface area contributed by atoms with Crippen LogP contribution in [0.15, 0.2) is 59.5 Å². The number of hydrogen-bond donors (Lipinski definition) is 4. The second-order valence-corrected chi connectivity index (χ2v) is 17.1. The fraction of sp³-hybridized carbons (Fsp3) is 0.550. The molecule has 7 atom stereocenters. The van der Waals surface area contributed by atoms with E-state index >= 15 is 0 Å². The number of aromatic nitrogens is 2. The van der Waals surface area contributed by atoms with Crippen LogP contribution in [-0.2, 0) is 32.4 Å². The van der Waals surface area contributed by atoms with E-state index in [2.05, 4.69) is 60.9 Å². The lowest BCUT2D eigenvalue weighted by molar-refractivity contribution is -0.185. The standard InChI is InChI=1S/C40H50BF3N6O5/c1-8-31(41-54-32-28-17-26(37(28,4)5)18-39(32,7)55-41)48-33(51)30-19-38(6,49-36(53)47-27-14-12-24(13-15-27)22(2)3)35-46-21-29(34(52)50(30)35)45-20-23-10-9-11-25(16-23)40(42,43)44/h9-16,21-22,26,28,30-32,45H,8,17-20H2,1-7H3,(H,48,51)(H2,47,49,53)/t26?,28?,30-,31-,32+,38+,39-/m0/s1. The molecule has 15 heteroatoms. The van der Waals surface area contributed by atoms with E-state index in [4.69, 9.17) is 9.31 Å². The van der Waals surface area contributed by atoms with Crippen LogP contribution in [0.2, 0.25) is 0 Å². The van der Waals surface area contributed by atoms with Crippen molar-refractivity contribution < 1.29 is 32.1 Å². The second-order valence-electron chi connectivity index (χ2n) is 17.1. The van der Waals surface area contributed by atoms with E-state index < -0.39 is 59.5 Å². The van der Waals surface area contributed by atoms with Crippen molar-refractivity contribution in [2.24, 2.45) is 17.3 Å². The van der Waals surface area contributed by atoms with E-state index in [9.17, 15) is 27.6 Å². The minimum atomic E-state index is -4.52. The molecule has 3 aliphatic carbocycles. The van der Waals surface area contributed by atoms with Crippen LogP contribution in [0.3, 0.4) is 0 Å². The number of fused-ring (bicyclic) bond motifs is 1. The molecule has 0 spiro atoms. The van der Waals surface area contributed by atoms with Crippen molar-refractivity contribution in [3.8, 4) is 0 Å². The van der Waals surface area contributed by atoms with Gasteiger partial charge in [0.25, 0.3) is 5.56 Å². The molecular weight excluding hydrogens is 712 g/mol. The van der Waals surface area contributed by atoms with E-state index in [0.717, 1.165) is 30.5 Å². The van der Waals surface area contributed by atoms with Gasteiger partial charge in [0.15, 0.2) is 0 Å². The lowest BCUT2D eigenvalue weighted by Gasteiger charge is -2.63. The summed E-state index contributed by atoms with van der Waals surface area (Å²) < 4.78 is 54.6. The molecule has 11 nitrogen and oxygen atoms in total. The Labute approximate surface area is 319 Å². The molecule has 1 aromatic heterocycles. The summed E-state index contributed by atoms with van der Waals surface area (Å²) >= 11 is 0. The maximum Gasteiger partial charge on any atom is 0.481 e. The third-order valence-electron chi connectivity index (χ3n) is 12.6. The molecule has 294 valence electrons. The zero-order chi connectivity index (χ0) is 39.7. The van der Waals surface area contributed by atoms with E-state index in [1.807, 2.05) is 19.1 Å². The van der Waals surface area contributed by atoms with Gasteiger partial charge in [-0.15, -0.1) is 0 Å². The number of rotatable bonds is 10. The Morgan fingerprint density at radius 2 is 1.80 bits per heavy atom. The highest BCUT2D eigenvalue weighted by molar-refractivity contribution is 6.47. The number of amides is 3. The zero-order valence-corrected chi connectivity index (χ0v) is 32.3. The maximum atomic E-state index is 14.4. The largest absolute Gasteiger partial charge is 0.481 e. The van der Waals surface area contributed by atoms with Gasteiger partial charge in [0.1, 0.15) is 17.6 Å². The highest BCUT2D eigenvalue weighted by atomic mass is 19.4. The van der Waals surface area contributed by atoms with Gasteiger partial charge in [-0.05, 0) is 91.7 Å². The summed E-state index contributed by atoms with van der Waals surface area (Å²) in [6.07, 6.45) is -0.870. The van der Waals surface area contributed by atoms with E-state index in [0.29, 0.717) is 35.4 Å². The van der Waals surface area contributed by atoms with Crippen LogP contribution in [0.1, 0.15) is 109 Å². The SMILES string of the molecule is CC[C@H](NC(=O)[C@@H]1C[C@@](C)(NC(=O)Nc2ccc(C(C)C)cc2)c2ncc(NCc3cccc(C(F)(F)F)c3)c(=O)n21)B1O[C@@H]2C3CC(C[C@]2(C)O1)C3(C)C. The van der Waals surface area contributed by atoms with Crippen molar-refractivity contribution in [3.05, 3.63) is 87.6 Å². The van der Waals surface area contributed by atoms with Crippen molar-refractivity contribution in [2.45, 2.75) is 122 Å². The molecule has 8 rings (SSSR count). The number of anilines is 2. The average molecular weight is 763 g/mol. The van der Waals surface area contributed by atoms with Gasteiger partial charge in [0.2, 0.25) is 5.91 Å². The van der Waals surface area contributed by atoms with E-state index in [-0.39, 0.29) is 36.0 Å². The van der Waals surface area contributed by atoms with Crippen molar-refractivity contribution in [3.63, 3.8) is 0 Å². The summed E-state index contributed by atoms with van der Waals surface area (Å²) in [4.78, 5) is 46.6. The first-order valence-corrected chi connectivity index (χ1v) is 19.2. The Bertz CT molecular complexity index is 2020. The number of halogens is 3. The third-order valence-corrected chi connectivity index (χ3v) is 12.6. The normalized spacial score (nSPS) is 28.2. The number of carbonyl (C=O) groups excluding carboxylic acids is 2. The topological polar surface area (TPSA) is 136 Å². The van der Waals surface area contributed by atoms with Gasteiger partial charge >= 0.3 is 19.3 Å². The number of alkyl halides is 3. The third kappa shape index (κ3) is 7.14. The van der Waals surface area contributed by atoms with Crippen LogP contribution >= 0.6 is 0 Å². The Morgan fingerprint density at radius 1 is 1.07 bits per heavy atom. The molecule has 55 heavy (non-hydrogen) atoms. The van der Waals surface area contributed by atoms with Crippen molar-refractivity contribution in [1.29, 1.82) is 0 Å². The second kappa shape index (κ2) is 14.0. The Kier molecular flexibility index (Phi) is 9.89. The van der Waals surface area contributed by atoms with Crippen molar-refractivity contribution in [2.75, 3.05) is 10.6 Å². The first-order valence-electron chi connectivity index (χ1n) is 19.2. The van der Waals surface area contributed by atoms with Crippen LogP contribution in [-0.4, -0.2) is 46.3 Å². The highest BCUT2D eigenvalue weighted by Gasteiger charge is 2.67. The van der Waals surface area contributed by atoms with Crippen LogP contribution in [0.25, 0.3) is 0 Å². The lowest BCUT2D eigenvalue weighted by atomic mass is 9.45. The van der Waals surface area contributed by atoms with E-state index in [1.165, 1.54) is 22.9 Å². The molecule has 2 bridgehead atoms. The zero-order valence-electron chi connectivity index (χ0n) is 32.3. The van der Waals surface area contributed by atoms with Gasteiger partial charge in [0.05, 0.1) is 34.9 Å². The summed E-state index contributed by atoms with van der Waals surface area (Å²) in [7, 11) is -0.687. The monoisotopic (exact) mass is 762 g/mol.